The van der Waals surface area contributed by atoms with Gasteiger partial charge < -0.3 is 14.3 Å². The summed E-state index contributed by atoms with van der Waals surface area (Å²) in [5.41, 5.74) is 2.00. The van der Waals surface area contributed by atoms with Crippen LogP contribution in [0.25, 0.3) is 0 Å². The zero-order valence-electron chi connectivity index (χ0n) is 12.8. The van der Waals surface area contributed by atoms with Crippen molar-refractivity contribution in [3.63, 3.8) is 0 Å². The van der Waals surface area contributed by atoms with Crippen LogP contribution in [0.5, 0.6) is 11.5 Å². The van der Waals surface area contributed by atoms with Gasteiger partial charge in [0.1, 0.15) is 18.6 Å². The molecule has 0 aliphatic rings. The van der Waals surface area contributed by atoms with Gasteiger partial charge in [-0.05, 0) is 30.2 Å². The number of rotatable bonds is 4. The highest BCUT2D eigenvalue weighted by Gasteiger charge is 2.15. The highest BCUT2D eigenvalue weighted by molar-refractivity contribution is 6.16. The van der Waals surface area contributed by atoms with Gasteiger partial charge in [-0.25, -0.2) is 0 Å². The standard InChI is InChI=1S/C18H17NO3/c1-20-16-10-7-11-17(21-2)18(16)15(19-22-3)13-12-14-8-5-4-6-9-14/h4-11H,1-3H3/b19-15+. The van der Waals surface area contributed by atoms with Crippen LogP contribution in [0, 0.1) is 11.8 Å². The van der Waals surface area contributed by atoms with Gasteiger partial charge in [-0.2, -0.15) is 0 Å². The molecule has 0 fully saturated rings. The fraction of sp³-hybridized carbons (Fsp3) is 0.167. The van der Waals surface area contributed by atoms with Crippen LogP contribution in [0.15, 0.2) is 53.7 Å². The third-order valence-electron chi connectivity index (χ3n) is 2.95. The van der Waals surface area contributed by atoms with Gasteiger partial charge in [-0.1, -0.05) is 35.3 Å². The van der Waals surface area contributed by atoms with Crippen LogP contribution in [0.3, 0.4) is 0 Å². The topological polar surface area (TPSA) is 40.0 Å². The minimum Gasteiger partial charge on any atom is -0.496 e. The molecule has 0 saturated carbocycles. The fourth-order valence-corrected chi connectivity index (χ4v) is 1.96. The predicted molar refractivity (Wildman–Crippen MR) is 86.4 cm³/mol. The molecule has 0 heterocycles. The molecule has 2 rings (SSSR count). The molecule has 22 heavy (non-hydrogen) atoms. The molecule has 0 saturated heterocycles. The summed E-state index contributed by atoms with van der Waals surface area (Å²) in [6, 6.07) is 15.2. The molecular weight excluding hydrogens is 278 g/mol. The Balaban J connectivity index is 2.51. The van der Waals surface area contributed by atoms with E-state index in [1.807, 2.05) is 48.5 Å². The lowest BCUT2D eigenvalue weighted by molar-refractivity contribution is 0.214. The van der Waals surface area contributed by atoms with Crippen molar-refractivity contribution in [2.24, 2.45) is 5.16 Å². The number of methoxy groups -OCH3 is 2. The van der Waals surface area contributed by atoms with Crippen LogP contribution in [0.1, 0.15) is 11.1 Å². The van der Waals surface area contributed by atoms with Crippen LogP contribution >= 0.6 is 0 Å². The molecule has 112 valence electrons. The summed E-state index contributed by atoms with van der Waals surface area (Å²) in [4.78, 5) is 4.92. The van der Waals surface area contributed by atoms with Crippen molar-refractivity contribution >= 4 is 5.71 Å². The van der Waals surface area contributed by atoms with Crippen LogP contribution in [0.4, 0.5) is 0 Å². The Morgan fingerprint density at radius 2 is 1.50 bits per heavy atom. The third-order valence-corrected chi connectivity index (χ3v) is 2.95. The lowest BCUT2D eigenvalue weighted by Gasteiger charge is -2.11. The van der Waals surface area contributed by atoms with E-state index in [-0.39, 0.29) is 0 Å². The Morgan fingerprint density at radius 1 is 0.864 bits per heavy atom. The Hall–Kier alpha value is -2.93. The minimum absolute atomic E-state index is 0.445. The summed E-state index contributed by atoms with van der Waals surface area (Å²) >= 11 is 0. The van der Waals surface area contributed by atoms with E-state index < -0.39 is 0 Å². The Labute approximate surface area is 130 Å². The van der Waals surface area contributed by atoms with Gasteiger partial charge >= 0.3 is 0 Å². The van der Waals surface area contributed by atoms with Crippen LogP contribution < -0.4 is 9.47 Å². The minimum atomic E-state index is 0.445. The second-order valence-electron chi connectivity index (χ2n) is 4.28. The molecule has 0 atom stereocenters. The maximum Gasteiger partial charge on any atom is 0.167 e. The average Bonchev–Trinajstić information content (AvgIpc) is 2.58. The highest BCUT2D eigenvalue weighted by Crippen LogP contribution is 2.29. The first-order chi connectivity index (χ1) is 10.8. The molecular formula is C18H17NO3. The Morgan fingerprint density at radius 3 is 2.05 bits per heavy atom. The molecule has 0 N–H and O–H groups in total. The number of benzene rings is 2. The van der Waals surface area contributed by atoms with E-state index in [4.69, 9.17) is 14.3 Å². The monoisotopic (exact) mass is 295 g/mol. The first kappa shape index (κ1) is 15.5. The summed E-state index contributed by atoms with van der Waals surface area (Å²) in [7, 11) is 4.66. The molecule has 2 aromatic carbocycles. The maximum absolute atomic E-state index is 5.38. The fourth-order valence-electron chi connectivity index (χ4n) is 1.96. The number of nitrogens with zero attached hydrogens (tertiary/aromatic N) is 1. The number of hydrogen-bond acceptors (Lipinski definition) is 4. The van der Waals surface area contributed by atoms with Crippen molar-refractivity contribution in [3.8, 4) is 23.3 Å². The maximum atomic E-state index is 5.38. The quantitative estimate of drug-likeness (QED) is 0.494. The first-order valence-corrected chi connectivity index (χ1v) is 6.69. The molecule has 2 aromatic rings. The van der Waals surface area contributed by atoms with Crippen molar-refractivity contribution in [2.75, 3.05) is 21.3 Å². The van der Waals surface area contributed by atoms with Gasteiger partial charge in [-0.3, -0.25) is 0 Å². The van der Waals surface area contributed by atoms with E-state index in [1.165, 1.54) is 7.11 Å². The largest absolute Gasteiger partial charge is 0.496 e. The van der Waals surface area contributed by atoms with E-state index in [9.17, 15) is 0 Å². The van der Waals surface area contributed by atoms with Crippen LogP contribution in [-0.2, 0) is 4.84 Å². The van der Waals surface area contributed by atoms with E-state index in [0.717, 1.165) is 5.56 Å². The van der Waals surface area contributed by atoms with E-state index >= 15 is 0 Å². The molecule has 0 amide bonds. The number of hydrogen-bond donors (Lipinski definition) is 0. The molecule has 4 heteroatoms. The van der Waals surface area contributed by atoms with E-state index in [2.05, 4.69) is 17.0 Å². The van der Waals surface area contributed by atoms with Crippen molar-refractivity contribution in [2.45, 2.75) is 0 Å². The Bertz CT molecular complexity index is 690. The van der Waals surface area contributed by atoms with Gasteiger partial charge in [0.2, 0.25) is 0 Å². The van der Waals surface area contributed by atoms with Gasteiger partial charge in [-0.15, -0.1) is 0 Å². The summed E-state index contributed by atoms with van der Waals surface area (Å²) < 4.78 is 10.8. The van der Waals surface area contributed by atoms with Crippen LogP contribution in [0.2, 0.25) is 0 Å². The summed E-state index contributed by atoms with van der Waals surface area (Å²) in [6.07, 6.45) is 0. The highest BCUT2D eigenvalue weighted by atomic mass is 16.6. The lowest BCUT2D eigenvalue weighted by Crippen LogP contribution is -2.05. The smallest absolute Gasteiger partial charge is 0.167 e. The van der Waals surface area contributed by atoms with Crippen molar-refractivity contribution in [1.29, 1.82) is 0 Å². The Kier molecular flexibility index (Phi) is 5.44. The summed E-state index contributed by atoms with van der Waals surface area (Å²) in [6.45, 7) is 0. The molecule has 0 spiro atoms. The molecule has 0 bridgehead atoms. The normalized spacial score (nSPS) is 10.4. The molecule has 0 aliphatic heterocycles. The average molecular weight is 295 g/mol. The van der Waals surface area contributed by atoms with Gasteiger partial charge in [0.05, 0.1) is 19.8 Å². The zero-order valence-corrected chi connectivity index (χ0v) is 12.8. The summed E-state index contributed by atoms with van der Waals surface area (Å²) in [5, 5.41) is 4.01. The van der Waals surface area contributed by atoms with Gasteiger partial charge in [0, 0.05) is 5.56 Å². The van der Waals surface area contributed by atoms with Crippen molar-refractivity contribution in [3.05, 3.63) is 59.7 Å². The molecule has 4 nitrogen and oxygen atoms in total. The van der Waals surface area contributed by atoms with Crippen molar-refractivity contribution in [1.82, 2.24) is 0 Å². The van der Waals surface area contributed by atoms with E-state index in [1.54, 1.807) is 14.2 Å². The van der Waals surface area contributed by atoms with Crippen LogP contribution in [-0.4, -0.2) is 27.0 Å². The molecule has 0 unspecified atom stereocenters. The lowest BCUT2D eigenvalue weighted by atomic mass is 10.1. The second kappa shape index (κ2) is 7.75. The summed E-state index contributed by atoms with van der Waals surface area (Å²) in [5.74, 6) is 7.32. The SMILES string of the molecule is CO/N=C(\C#Cc1ccccc1)c1c(OC)cccc1OC. The first-order valence-electron chi connectivity index (χ1n) is 6.69. The molecule has 0 aliphatic carbocycles. The van der Waals surface area contributed by atoms with Crippen molar-refractivity contribution < 1.29 is 14.3 Å². The predicted octanol–water partition coefficient (Wildman–Crippen LogP) is 3.11. The second-order valence-corrected chi connectivity index (χ2v) is 4.28. The zero-order chi connectivity index (χ0) is 15.8. The van der Waals surface area contributed by atoms with E-state index in [0.29, 0.717) is 22.8 Å². The molecule has 0 radical (unpaired) electrons. The third kappa shape index (κ3) is 3.58. The van der Waals surface area contributed by atoms with Gasteiger partial charge in [0.15, 0.2) is 5.71 Å². The van der Waals surface area contributed by atoms with Gasteiger partial charge in [0.25, 0.3) is 0 Å². The number of oxime groups is 1. The number of ether oxygens (including phenoxy) is 2. The molecule has 0 aromatic heterocycles.